The van der Waals surface area contributed by atoms with E-state index in [0.717, 1.165) is 30.5 Å². The normalized spacial score (nSPS) is 15.6. The van der Waals surface area contributed by atoms with Gasteiger partial charge in [0.15, 0.2) is 11.5 Å². The Morgan fingerprint density at radius 1 is 1.27 bits per heavy atom. The first kappa shape index (κ1) is 21.8. The fourth-order valence-corrected chi connectivity index (χ4v) is 3.41. The molecular formula is C23H25F2NO4. The molecule has 30 heavy (non-hydrogen) atoms. The van der Waals surface area contributed by atoms with Gasteiger partial charge in [-0.2, -0.15) is 0 Å². The molecule has 0 N–H and O–H groups in total. The first-order valence-corrected chi connectivity index (χ1v) is 9.79. The summed E-state index contributed by atoms with van der Waals surface area (Å²) in [7, 11) is 1.52. The Morgan fingerprint density at radius 3 is 2.67 bits per heavy atom. The standard InChI is InChI=1S/C23H25F2NO4/c1-3-11-30-20-10-9-16(13-21(20)28-2)14-26(15-17-6-5-12-29-17)23(27)22-18(24)7-4-8-19(22)25/h3-4,7-10,13,17H,1,5-6,11-12,14-15H2,2H3/t17-/m0/s1. The molecule has 1 atom stereocenters. The summed E-state index contributed by atoms with van der Waals surface area (Å²) in [6.45, 7) is 4.94. The number of hydrogen-bond donors (Lipinski definition) is 0. The monoisotopic (exact) mass is 417 g/mol. The smallest absolute Gasteiger partial charge is 0.260 e. The quantitative estimate of drug-likeness (QED) is 0.569. The van der Waals surface area contributed by atoms with E-state index in [2.05, 4.69) is 6.58 Å². The molecule has 160 valence electrons. The van der Waals surface area contributed by atoms with Crippen molar-refractivity contribution in [3.8, 4) is 11.5 Å². The van der Waals surface area contributed by atoms with Gasteiger partial charge in [-0.15, -0.1) is 0 Å². The minimum atomic E-state index is -0.886. The molecule has 1 heterocycles. The summed E-state index contributed by atoms with van der Waals surface area (Å²) in [6, 6.07) is 8.65. The topological polar surface area (TPSA) is 48.0 Å². The van der Waals surface area contributed by atoms with Crippen molar-refractivity contribution in [1.82, 2.24) is 4.90 Å². The maximum atomic E-state index is 14.2. The highest BCUT2D eigenvalue weighted by atomic mass is 19.1. The van der Waals surface area contributed by atoms with Crippen molar-refractivity contribution < 1.29 is 27.8 Å². The molecule has 1 aliphatic rings. The zero-order valence-corrected chi connectivity index (χ0v) is 16.9. The van der Waals surface area contributed by atoms with Crippen LogP contribution < -0.4 is 9.47 Å². The lowest BCUT2D eigenvalue weighted by atomic mass is 10.1. The summed E-state index contributed by atoms with van der Waals surface area (Å²) >= 11 is 0. The van der Waals surface area contributed by atoms with Crippen LogP contribution >= 0.6 is 0 Å². The largest absolute Gasteiger partial charge is 0.493 e. The van der Waals surface area contributed by atoms with Gasteiger partial charge in [-0.3, -0.25) is 4.79 Å². The highest BCUT2D eigenvalue weighted by Gasteiger charge is 2.27. The molecule has 0 unspecified atom stereocenters. The number of rotatable bonds is 9. The van der Waals surface area contributed by atoms with Gasteiger partial charge >= 0.3 is 0 Å². The van der Waals surface area contributed by atoms with Crippen LogP contribution in [-0.4, -0.2) is 43.8 Å². The predicted octanol–water partition coefficient (Wildman–Crippen LogP) is 4.36. The van der Waals surface area contributed by atoms with Gasteiger partial charge < -0.3 is 19.1 Å². The van der Waals surface area contributed by atoms with Crippen LogP contribution in [0.25, 0.3) is 0 Å². The van der Waals surface area contributed by atoms with Crippen LogP contribution in [0.5, 0.6) is 11.5 Å². The number of carbonyl (C=O) groups excluding carboxylic acids is 1. The fourth-order valence-electron chi connectivity index (χ4n) is 3.41. The summed E-state index contributed by atoms with van der Waals surface area (Å²) in [4.78, 5) is 14.5. The molecule has 2 aromatic rings. The Labute approximate surface area is 174 Å². The van der Waals surface area contributed by atoms with Crippen LogP contribution in [0.4, 0.5) is 8.78 Å². The number of methoxy groups -OCH3 is 1. The molecule has 7 heteroatoms. The summed E-state index contributed by atoms with van der Waals surface area (Å²) in [5, 5.41) is 0. The molecule has 1 fully saturated rings. The molecule has 1 aliphatic heterocycles. The molecule has 0 aliphatic carbocycles. The number of ether oxygens (including phenoxy) is 3. The molecule has 1 saturated heterocycles. The maximum absolute atomic E-state index is 14.2. The first-order chi connectivity index (χ1) is 14.5. The molecule has 1 amide bonds. The summed E-state index contributed by atoms with van der Waals surface area (Å²) < 4.78 is 45.0. The molecule has 2 aromatic carbocycles. The Morgan fingerprint density at radius 2 is 2.03 bits per heavy atom. The zero-order chi connectivity index (χ0) is 21.5. The van der Waals surface area contributed by atoms with E-state index in [4.69, 9.17) is 14.2 Å². The van der Waals surface area contributed by atoms with Crippen LogP contribution in [0, 0.1) is 11.6 Å². The predicted molar refractivity (Wildman–Crippen MR) is 109 cm³/mol. The lowest BCUT2D eigenvalue weighted by Gasteiger charge is -2.26. The third-order valence-corrected chi connectivity index (χ3v) is 4.87. The highest BCUT2D eigenvalue weighted by Crippen LogP contribution is 2.29. The molecule has 0 saturated carbocycles. The van der Waals surface area contributed by atoms with Crippen molar-refractivity contribution in [2.75, 3.05) is 26.9 Å². The van der Waals surface area contributed by atoms with Crippen LogP contribution in [0.15, 0.2) is 49.1 Å². The van der Waals surface area contributed by atoms with Gasteiger partial charge in [-0.1, -0.05) is 24.8 Å². The molecule has 0 aromatic heterocycles. The minimum Gasteiger partial charge on any atom is -0.493 e. The first-order valence-electron chi connectivity index (χ1n) is 9.79. The van der Waals surface area contributed by atoms with E-state index in [9.17, 15) is 13.6 Å². The van der Waals surface area contributed by atoms with Crippen molar-refractivity contribution in [2.24, 2.45) is 0 Å². The fraction of sp³-hybridized carbons (Fsp3) is 0.348. The second kappa shape index (κ2) is 10.2. The molecule has 0 spiro atoms. The third kappa shape index (κ3) is 5.16. The maximum Gasteiger partial charge on any atom is 0.260 e. The average Bonchev–Trinajstić information content (AvgIpc) is 3.25. The Balaban J connectivity index is 1.87. The number of benzene rings is 2. The Hall–Kier alpha value is -2.93. The van der Waals surface area contributed by atoms with Gasteiger partial charge in [0.25, 0.3) is 5.91 Å². The zero-order valence-electron chi connectivity index (χ0n) is 16.9. The van der Waals surface area contributed by atoms with E-state index in [1.165, 1.54) is 18.1 Å². The van der Waals surface area contributed by atoms with E-state index in [-0.39, 0.29) is 19.2 Å². The van der Waals surface area contributed by atoms with E-state index < -0.39 is 23.1 Å². The average molecular weight is 417 g/mol. The lowest BCUT2D eigenvalue weighted by molar-refractivity contribution is 0.0499. The Kier molecular flexibility index (Phi) is 7.41. The summed E-state index contributed by atoms with van der Waals surface area (Å²) in [6.07, 6.45) is 3.14. The molecular weight excluding hydrogens is 392 g/mol. The van der Waals surface area contributed by atoms with Crippen molar-refractivity contribution >= 4 is 5.91 Å². The van der Waals surface area contributed by atoms with Crippen LogP contribution in [0.1, 0.15) is 28.8 Å². The van der Waals surface area contributed by atoms with E-state index in [0.29, 0.717) is 24.7 Å². The minimum absolute atomic E-state index is 0.143. The van der Waals surface area contributed by atoms with Crippen molar-refractivity contribution in [1.29, 1.82) is 0 Å². The van der Waals surface area contributed by atoms with E-state index >= 15 is 0 Å². The van der Waals surface area contributed by atoms with Crippen molar-refractivity contribution in [2.45, 2.75) is 25.5 Å². The van der Waals surface area contributed by atoms with Crippen LogP contribution in [-0.2, 0) is 11.3 Å². The van der Waals surface area contributed by atoms with Crippen LogP contribution in [0.2, 0.25) is 0 Å². The Bertz CT molecular complexity index is 877. The SMILES string of the molecule is C=CCOc1ccc(CN(C[C@@H]2CCCO2)C(=O)c2c(F)cccc2F)cc1OC. The number of amides is 1. The second-order valence-electron chi connectivity index (χ2n) is 7.00. The van der Waals surface area contributed by atoms with Gasteiger partial charge in [0, 0.05) is 19.7 Å². The van der Waals surface area contributed by atoms with Gasteiger partial charge in [-0.25, -0.2) is 8.78 Å². The second-order valence-corrected chi connectivity index (χ2v) is 7.00. The van der Waals surface area contributed by atoms with Gasteiger partial charge in [-0.05, 0) is 42.7 Å². The van der Waals surface area contributed by atoms with E-state index in [1.54, 1.807) is 24.3 Å². The molecule has 0 bridgehead atoms. The number of hydrogen-bond acceptors (Lipinski definition) is 4. The van der Waals surface area contributed by atoms with Gasteiger partial charge in [0.1, 0.15) is 23.8 Å². The molecule has 5 nitrogen and oxygen atoms in total. The van der Waals surface area contributed by atoms with Gasteiger partial charge in [0.2, 0.25) is 0 Å². The molecule has 3 rings (SSSR count). The van der Waals surface area contributed by atoms with E-state index in [1.807, 2.05) is 0 Å². The summed E-state index contributed by atoms with van der Waals surface area (Å²) in [5.74, 6) is -1.45. The van der Waals surface area contributed by atoms with Crippen molar-refractivity contribution in [3.05, 3.63) is 71.8 Å². The van der Waals surface area contributed by atoms with Crippen LogP contribution in [0.3, 0.4) is 0 Å². The van der Waals surface area contributed by atoms with Crippen molar-refractivity contribution in [3.63, 3.8) is 0 Å². The van der Waals surface area contributed by atoms with Gasteiger partial charge in [0.05, 0.1) is 13.2 Å². The third-order valence-electron chi connectivity index (χ3n) is 4.87. The number of nitrogens with zero attached hydrogens (tertiary/aromatic N) is 1. The highest BCUT2D eigenvalue weighted by molar-refractivity contribution is 5.94. The number of carbonyl (C=O) groups is 1. The number of halogens is 2. The lowest BCUT2D eigenvalue weighted by Crippen LogP contribution is -2.37. The summed E-state index contributed by atoms with van der Waals surface area (Å²) in [5.41, 5.74) is 0.175. The molecule has 0 radical (unpaired) electrons.